The lowest BCUT2D eigenvalue weighted by atomic mass is 10.1. The van der Waals surface area contributed by atoms with Gasteiger partial charge in [-0.05, 0) is 54.1 Å². The Kier molecular flexibility index (Phi) is 7.54. The molecule has 3 aromatic carbocycles. The van der Waals surface area contributed by atoms with Crippen LogP contribution in [0.4, 0.5) is 11.4 Å². The molecule has 3 N–H and O–H groups in total. The Labute approximate surface area is 191 Å². The van der Waals surface area contributed by atoms with Gasteiger partial charge in [0.15, 0.2) is 0 Å². The molecule has 0 radical (unpaired) electrons. The van der Waals surface area contributed by atoms with Crippen molar-refractivity contribution in [2.24, 2.45) is 0 Å². The molecular formula is C25H23N3O5. The second-order valence-corrected chi connectivity index (χ2v) is 7.22. The maximum atomic E-state index is 12.5. The molecule has 8 nitrogen and oxygen atoms in total. The third-order valence-corrected chi connectivity index (χ3v) is 4.47. The van der Waals surface area contributed by atoms with Gasteiger partial charge in [0.05, 0.1) is 0 Å². The van der Waals surface area contributed by atoms with E-state index in [0.717, 1.165) is 5.56 Å². The fourth-order valence-electron chi connectivity index (χ4n) is 3.00. The molecule has 0 fully saturated rings. The summed E-state index contributed by atoms with van der Waals surface area (Å²) in [4.78, 5) is 47.1. The molecule has 0 saturated carbocycles. The summed E-state index contributed by atoms with van der Waals surface area (Å²) in [6.07, 6.45) is 0. The van der Waals surface area contributed by atoms with E-state index in [0.29, 0.717) is 34.8 Å². The van der Waals surface area contributed by atoms with Crippen LogP contribution in [-0.4, -0.2) is 23.7 Å². The summed E-state index contributed by atoms with van der Waals surface area (Å²) in [5.41, 5.74) is 2.76. The van der Waals surface area contributed by atoms with Gasteiger partial charge in [-0.15, -0.1) is 0 Å². The molecule has 0 aliphatic heterocycles. The van der Waals surface area contributed by atoms with Gasteiger partial charge < -0.3 is 20.7 Å². The second kappa shape index (κ2) is 10.7. The highest BCUT2D eigenvalue weighted by Crippen LogP contribution is 2.16. The number of hydrogen-bond donors (Lipinski definition) is 3. The first-order chi connectivity index (χ1) is 15.8. The molecule has 0 atom stereocenters. The van der Waals surface area contributed by atoms with Gasteiger partial charge in [0, 0.05) is 42.9 Å². The SMILES string of the molecule is CC(=O)Nc1cccc(C(=O)NCc2ccc(NC(=O)c3cccc(OC(C)=O)c3)cc2)c1. The summed E-state index contributed by atoms with van der Waals surface area (Å²) in [5, 5.41) is 8.24. The molecule has 0 aliphatic rings. The molecule has 3 amide bonds. The third kappa shape index (κ3) is 7.03. The quantitative estimate of drug-likeness (QED) is 0.379. The second-order valence-electron chi connectivity index (χ2n) is 7.22. The van der Waals surface area contributed by atoms with E-state index < -0.39 is 5.97 Å². The largest absolute Gasteiger partial charge is 0.427 e. The number of anilines is 2. The Morgan fingerprint density at radius 2 is 1.39 bits per heavy atom. The molecular weight excluding hydrogens is 422 g/mol. The van der Waals surface area contributed by atoms with Gasteiger partial charge in [-0.2, -0.15) is 0 Å². The first kappa shape index (κ1) is 23.2. The predicted octanol–water partition coefficient (Wildman–Crippen LogP) is 3.75. The Balaban J connectivity index is 1.56. The van der Waals surface area contributed by atoms with E-state index in [2.05, 4.69) is 16.0 Å². The van der Waals surface area contributed by atoms with Gasteiger partial charge in [-0.1, -0.05) is 24.3 Å². The highest BCUT2D eigenvalue weighted by atomic mass is 16.5. The summed E-state index contributed by atoms with van der Waals surface area (Å²) in [5.74, 6) is -0.993. The lowest BCUT2D eigenvalue weighted by Gasteiger charge is -2.09. The summed E-state index contributed by atoms with van der Waals surface area (Å²) in [6.45, 7) is 2.99. The highest BCUT2D eigenvalue weighted by Gasteiger charge is 2.10. The van der Waals surface area contributed by atoms with E-state index >= 15 is 0 Å². The Morgan fingerprint density at radius 3 is 2.06 bits per heavy atom. The molecule has 168 valence electrons. The number of hydrogen-bond acceptors (Lipinski definition) is 5. The maximum Gasteiger partial charge on any atom is 0.308 e. The number of nitrogens with one attached hydrogen (secondary N) is 3. The fourth-order valence-corrected chi connectivity index (χ4v) is 3.00. The molecule has 0 aromatic heterocycles. The number of amides is 3. The van der Waals surface area contributed by atoms with Crippen LogP contribution in [0.25, 0.3) is 0 Å². The number of carbonyl (C=O) groups is 4. The topological polar surface area (TPSA) is 114 Å². The normalized spacial score (nSPS) is 10.1. The number of esters is 1. The van der Waals surface area contributed by atoms with Crippen molar-refractivity contribution in [2.75, 3.05) is 10.6 Å². The zero-order valence-electron chi connectivity index (χ0n) is 18.2. The van der Waals surface area contributed by atoms with Crippen LogP contribution in [0, 0.1) is 0 Å². The third-order valence-electron chi connectivity index (χ3n) is 4.47. The Bertz CT molecular complexity index is 1190. The molecule has 33 heavy (non-hydrogen) atoms. The summed E-state index contributed by atoms with van der Waals surface area (Å²) in [6, 6.07) is 20.0. The fraction of sp³-hybridized carbons (Fsp3) is 0.120. The predicted molar refractivity (Wildman–Crippen MR) is 124 cm³/mol. The summed E-state index contributed by atoms with van der Waals surface area (Å²) < 4.78 is 5.00. The molecule has 0 saturated heterocycles. The molecule has 8 heteroatoms. The van der Waals surface area contributed by atoms with Crippen LogP contribution in [-0.2, 0) is 16.1 Å². The molecule has 3 rings (SSSR count). The van der Waals surface area contributed by atoms with Crippen molar-refractivity contribution in [1.29, 1.82) is 0 Å². The van der Waals surface area contributed by atoms with Crippen molar-refractivity contribution in [3.63, 3.8) is 0 Å². The van der Waals surface area contributed by atoms with Gasteiger partial charge in [-0.25, -0.2) is 0 Å². The first-order valence-corrected chi connectivity index (χ1v) is 10.1. The summed E-state index contributed by atoms with van der Waals surface area (Å²) >= 11 is 0. The molecule has 0 bridgehead atoms. The van der Waals surface area contributed by atoms with Crippen LogP contribution < -0.4 is 20.7 Å². The summed E-state index contributed by atoms with van der Waals surface area (Å²) in [7, 11) is 0. The Hall–Kier alpha value is -4.46. The van der Waals surface area contributed by atoms with E-state index in [9.17, 15) is 19.2 Å². The van der Waals surface area contributed by atoms with E-state index in [-0.39, 0.29) is 17.7 Å². The molecule has 3 aromatic rings. The van der Waals surface area contributed by atoms with E-state index in [1.807, 2.05) is 0 Å². The minimum atomic E-state index is -0.462. The minimum absolute atomic E-state index is 0.211. The number of ether oxygens (including phenoxy) is 1. The lowest BCUT2D eigenvalue weighted by Crippen LogP contribution is -2.23. The smallest absolute Gasteiger partial charge is 0.308 e. The average molecular weight is 445 g/mol. The van der Waals surface area contributed by atoms with Crippen molar-refractivity contribution >= 4 is 35.1 Å². The number of rotatable bonds is 7. The van der Waals surface area contributed by atoms with Crippen molar-refractivity contribution in [3.05, 3.63) is 89.5 Å². The van der Waals surface area contributed by atoms with Crippen LogP contribution >= 0.6 is 0 Å². The minimum Gasteiger partial charge on any atom is -0.427 e. The van der Waals surface area contributed by atoms with Crippen molar-refractivity contribution < 1.29 is 23.9 Å². The Morgan fingerprint density at radius 1 is 0.727 bits per heavy atom. The van der Waals surface area contributed by atoms with Gasteiger partial charge >= 0.3 is 5.97 Å². The monoisotopic (exact) mass is 445 g/mol. The first-order valence-electron chi connectivity index (χ1n) is 10.1. The van der Waals surface area contributed by atoms with Crippen LogP contribution in [0.3, 0.4) is 0 Å². The van der Waals surface area contributed by atoms with Crippen molar-refractivity contribution in [2.45, 2.75) is 20.4 Å². The van der Waals surface area contributed by atoms with Gasteiger partial charge in [0.1, 0.15) is 5.75 Å². The molecule has 0 heterocycles. The van der Waals surface area contributed by atoms with E-state index in [1.54, 1.807) is 66.7 Å². The van der Waals surface area contributed by atoms with Crippen molar-refractivity contribution in [1.82, 2.24) is 5.32 Å². The number of benzene rings is 3. The van der Waals surface area contributed by atoms with E-state index in [4.69, 9.17) is 4.74 Å². The van der Waals surface area contributed by atoms with Crippen LogP contribution in [0.15, 0.2) is 72.8 Å². The average Bonchev–Trinajstić information content (AvgIpc) is 2.78. The number of carbonyl (C=O) groups excluding carboxylic acids is 4. The molecule has 0 spiro atoms. The van der Waals surface area contributed by atoms with Crippen LogP contribution in [0.1, 0.15) is 40.1 Å². The molecule has 0 unspecified atom stereocenters. The zero-order chi connectivity index (χ0) is 23.8. The standard InChI is InChI=1S/C25H23N3O5/c1-16(29)27-22-7-3-5-19(13-22)24(31)26-15-18-9-11-21(12-10-18)28-25(32)20-6-4-8-23(14-20)33-17(2)30/h3-14H,15H2,1-2H3,(H,26,31)(H,27,29)(H,28,32). The van der Waals surface area contributed by atoms with Gasteiger partial charge in [-0.3, -0.25) is 19.2 Å². The van der Waals surface area contributed by atoms with Gasteiger partial charge in [0.25, 0.3) is 11.8 Å². The molecule has 0 aliphatic carbocycles. The van der Waals surface area contributed by atoms with Crippen LogP contribution in [0.2, 0.25) is 0 Å². The highest BCUT2D eigenvalue weighted by molar-refractivity contribution is 6.04. The zero-order valence-corrected chi connectivity index (χ0v) is 18.2. The van der Waals surface area contributed by atoms with Crippen molar-refractivity contribution in [3.8, 4) is 5.75 Å². The van der Waals surface area contributed by atoms with E-state index in [1.165, 1.54) is 19.9 Å². The van der Waals surface area contributed by atoms with Gasteiger partial charge in [0.2, 0.25) is 5.91 Å². The maximum absolute atomic E-state index is 12.5. The van der Waals surface area contributed by atoms with Crippen LogP contribution in [0.5, 0.6) is 5.75 Å². The lowest BCUT2D eigenvalue weighted by molar-refractivity contribution is -0.131.